The van der Waals surface area contributed by atoms with Crippen molar-refractivity contribution in [3.63, 3.8) is 0 Å². The molecule has 0 saturated heterocycles. The van der Waals surface area contributed by atoms with Gasteiger partial charge in [0, 0.05) is 19.3 Å². The largest absolute Gasteiger partial charge is 0.544 e. The Morgan fingerprint density at radius 2 is 1.06 bits per heavy atom. The SMILES string of the molecule is CC/C=C/C=C/C=C/C=C/CCCCCC(=O)OCC(COCCC(C(=O)[O-])[N+](C)(C)C)OC(=O)CCCCCCC/C=C/C=C/C=C/CC. The molecule has 282 valence electrons. The standard InChI is InChI=1S/C42H67NO7/c1-6-8-10-12-14-16-18-20-22-24-26-28-30-32-40(44)49-37-38(36-48-35-34-39(42(46)47)43(3,4)5)50-41(45)33-31-29-27-25-23-21-19-17-15-13-11-9-7-2/h8-20,22,38-39H,6-7,21,23-37H2,1-5H3/b10-8+,11-9+,14-12+,15-13+,18-16+,19-17+,22-20+. The molecule has 8 nitrogen and oxygen atoms in total. The van der Waals surface area contributed by atoms with E-state index >= 15 is 0 Å². The van der Waals surface area contributed by atoms with Gasteiger partial charge in [0.05, 0.1) is 40.3 Å². The normalized spacial score (nSPS) is 14.0. The maximum absolute atomic E-state index is 12.6. The predicted octanol–water partition coefficient (Wildman–Crippen LogP) is 8.07. The number of unbranched alkanes of at least 4 members (excludes halogenated alkanes) is 8. The van der Waals surface area contributed by atoms with Crippen LogP contribution in [-0.2, 0) is 28.6 Å². The summed E-state index contributed by atoms with van der Waals surface area (Å²) >= 11 is 0. The van der Waals surface area contributed by atoms with Gasteiger partial charge in [0.25, 0.3) is 0 Å². The monoisotopic (exact) mass is 697 g/mol. The minimum absolute atomic E-state index is 0.0134. The van der Waals surface area contributed by atoms with E-state index in [1.165, 1.54) is 0 Å². The minimum atomic E-state index is -1.14. The zero-order chi connectivity index (χ0) is 37.1. The molecule has 0 rings (SSSR count). The summed E-state index contributed by atoms with van der Waals surface area (Å²) in [6.07, 6.45) is 40.4. The average Bonchev–Trinajstić information content (AvgIpc) is 3.06. The van der Waals surface area contributed by atoms with Crippen LogP contribution in [0.3, 0.4) is 0 Å². The highest BCUT2D eigenvalue weighted by atomic mass is 16.6. The fourth-order valence-corrected chi connectivity index (χ4v) is 4.78. The number of allylic oxidation sites excluding steroid dienone is 14. The number of hydrogen-bond donors (Lipinski definition) is 0. The summed E-state index contributed by atoms with van der Waals surface area (Å²) in [6.45, 7) is 4.28. The molecule has 0 aromatic heterocycles. The number of rotatable bonds is 31. The average molecular weight is 698 g/mol. The van der Waals surface area contributed by atoms with Crippen molar-refractivity contribution in [2.45, 2.75) is 122 Å². The highest BCUT2D eigenvalue weighted by molar-refractivity contribution is 5.70. The Kier molecular flexibility index (Phi) is 30.4. The number of esters is 2. The molecular weight excluding hydrogens is 630 g/mol. The number of likely N-dealkylation sites (N-methyl/N-ethyl adjacent to an activating group) is 1. The number of carboxylic acids is 1. The van der Waals surface area contributed by atoms with E-state index in [-0.39, 0.29) is 49.1 Å². The number of carbonyl (C=O) groups excluding carboxylic acids is 3. The number of ether oxygens (including phenoxy) is 3. The Balaban J connectivity index is 4.56. The molecule has 8 heteroatoms. The molecule has 0 radical (unpaired) electrons. The number of aliphatic carboxylic acids is 1. The molecule has 2 unspecified atom stereocenters. The minimum Gasteiger partial charge on any atom is -0.544 e. The van der Waals surface area contributed by atoms with Crippen LogP contribution in [0.4, 0.5) is 0 Å². The maximum Gasteiger partial charge on any atom is 0.306 e. The number of carboxylic acid groups (broad SMARTS) is 1. The van der Waals surface area contributed by atoms with Gasteiger partial charge in [0.15, 0.2) is 6.10 Å². The summed E-state index contributed by atoms with van der Waals surface area (Å²) in [5.74, 6) is -1.83. The van der Waals surface area contributed by atoms with Gasteiger partial charge < -0.3 is 28.6 Å². The van der Waals surface area contributed by atoms with Crippen molar-refractivity contribution in [1.29, 1.82) is 0 Å². The number of hydrogen-bond acceptors (Lipinski definition) is 7. The van der Waals surface area contributed by atoms with Crippen molar-refractivity contribution in [3.8, 4) is 0 Å². The molecule has 0 aromatic rings. The second-order valence-electron chi connectivity index (χ2n) is 13.2. The quantitative estimate of drug-likeness (QED) is 0.0313. The van der Waals surface area contributed by atoms with Gasteiger partial charge in [-0.3, -0.25) is 9.59 Å². The molecule has 0 amide bonds. The molecule has 0 spiro atoms. The fourth-order valence-electron chi connectivity index (χ4n) is 4.78. The number of nitrogens with zero attached hydrogens (tertiary/aromatic N) is 1. The summed E-state index contributed by atoms with van der Waals surface area (Å²) in [5, 5.41) is 11.6. The van der Waals surface area contributed by atoms with Crippen LogP contribution < -0.4 is 5.11 Å². The van der Waals surface area contributed by atoms with Gasteiger partial charge in [-0.25, -0.2) is 0 Å². The van der Waals surface area contributed by atoms with Gasteiger partial charge >= 0.3 is 11.9 Å². The van der Waals surface area contributed by atoms with Crippen molar-refractivity contribution < 1.29 is 38.2 Å². The van der Waals surface area contributed by atoms with Crippen molar-refractivity contribution in [3.05, 3.63) is 85.1 Å². The molecule has 0 heterocycles. The summed E-state index contributed by atoms with van der Waals surface area (Å²) < 4.78 is 17.0. The highest BCUT2D eigenvalue weighted by Gasteiger charge is 2.25. The molecule has 50 heavy (non-hydrogen) atoms. The van der Waals surface area contributed by atoms with Gasteiger partial charge in [0.2, 0.25) is 0 Å². The molecule has 0 saturated carbocycles. The van der Waals surface area contributed by atoms with E-state index in [9.17, 15) is 19.5 Å². The summed E-state index contributed by atoms with van der Waals surface area (Å²) in [6, 6.07) is -0.739. The van der Waals surface area contributed by atoms with Crippen molar-refractivity contribution >= 4 is 17.9 Å². The molecule has 0 bridgehead atoms. The first-order valence-electron chi connectivity index (χ1n) is 18.7. The molecular formula is C42H67NO7. The van der Waals surface area contributed by atoms with E-state index in [0.717, 1.165) is 77.0 Å². The third kappa shape index (κ3) is 30.6. The lowest BCUT2D eigenvalue weighted by atomic mass is 10.1. The maximum atomic E-state index is 12.6. The highest BCUT2D eigenvalue weighted by Crippen LogP contribution is 2.12. The molecule has 0 fully saturated rings. The third-order valence-corrected chi connectivity index (χ3v) is 7.68. The van der Waals surface area contributed by atoms with E-state index in [1.807, 2.05) is 48.6 Å². The Morgan fingerprint density at radius 3 is 1.58 bits per heavy atom. The van der Waals surface area contributed by atoms with Crippen LogP contribution in [0.25, 0.3) is 0 Å². The van der Waals surface area contributed by atoms with Crippen LogP contribution in [0.1, 0.15) is 110 Å². The topological polar surface area (TPSA) is 102 Å². The smallest absolute Gasteiger partial charge is 0.306 e. The first kappa shape index (κ1) is 46.5. The van der Waals surface area contributed by atoms with Gasteiger partial charge in [-0.1, -0.05) is 125 Å². The Bertz CT molecular complexity index is 1090. The van der Waals surface area contributed by atoms with Gasteiger partial charge in [-0.05, 0) is 51.4 Å². The zero-order valence-electron chi connectivity index (χ0n) is 31.8. The van der Waals surface area contributed by atoms with Crippen LogP contribution in [0, 0.1) is 0 Å². The van der Waals surface area contributed by atoms with Crippen molar-refractivity contribution in [2.24, 2.45) is 0 Å². The first-order valence-corrected chi connectivity index (χ1v) is 18.7. The Labute approximate surface area is 303 Å². The second kappa shape index (κ2) is 32.7. The third-order valence-electron chi connectivity index (χ3n) is 7.68. The molecule has 0 aliphatic heterocycles. The van der Waals surface area contributed by atoms with Crippen LogP contribution in [0.15, 0.2) is 85.1 Å². The lowest BCUT2D eigenvalue weighted by Crippen LogP contribution is -2.55. The van der Waals surface area contributed by atoms with Gasteiger partial charge in [-0.2, -0.15) is 0 Å². The van der Waals surface area contributed by atoms with Crippen molar-refractivity contribution in [2.75, 3.05) is 41.0 Å². The van der Waals surface area contributed by atoms with Crippen LogP contribution >= 0.6 is 0 Å². The van der Waals surface area contributed by atoms with Crippen LogP contribution in [-0.4, -0.2) is 75.5 Å². The van der Waals surface area contributed by atoms with E-state index in [1.54, 1.807) is 21.1 Å². The van der Waals surface area contributed by atoms with E-state index < -0.39 is 18.1 Å². The predicted molar refractivity (Wildman–Crippen MR) is 203 cm³/mol. The summed E-state index contributed by atoms with van der Waals surface area (Å²) in [5.41, 5.74) is 0. The molecule has 0 N–H and O–H groups in total. The van der Waals surface area contributed by atoms with Crippen LogP contribution in [0.5, 0.6) is 0 Å². The fraction of sp³-hybridized carbons (Fsp3) is 0.595. The summed E-state index contributed by atoms with van der Waals surface area (Å²) in [7, 11) is 5.36. The molecule has 2 atom stereocenters. The first-order chi connectivity index (χ1) is 24.1. The summed E-state index contributed by atoms with van der Waals surface area (Å²) in [4.78, 5) is 36.6. The Hall–Kier alpha value is -3.49. The lowest BCUT2D eigenvalue weighted by molar-refractivity contribution is -0.889. The zero-order valence-corrected chi connectivity index (χ0v) is 31.8. The van der Waals surface area contributed by atoms with E-state index in [0.29, 0.717) is 6.42 Å². The van der Waals surface area contributed by atoms with Crippen molar-refractivity contribution in [1.82, 2.24) is 0 Å². The molecule has 0 aromatic carbocycles. The molecule has 0 aliphatic carbocycles. The van der Waals surface area contributed by atoms with Crippen LogP contribution in [0.2, 0.25) is 0 Å². The number of carbonyl (C=O) groups is 3. The van der Waals surface area contributed by atoms with E-state index in [2.05, 4.69) is 50.3 Å². The van der Waals surface area contributed by atoms with Gasteiger partial charge in [0.1, 0.15) is 12.6 Å². The van der Waals surface area contributed by atoms with Gasteiger partial charge in [-0.15, -0.1) is 0 Å². The van der Waals surface area contributed by atoms with E-state index in [4.69, 9.17) is 14.2 Å². The molecule has 0 aliphatic rings. The Morgan fingerprint density at radius 1 is 0.600 bits per heavy atom. The number of quaternary nitrogens is 1. The lowest BCUT2D eigenvalue weighted by Gasteiger charge is -2.34. The second-order valence-corrected chi connectivity index (χ2v) is 13.2.